The molecular formula is C12H22N3O2S+. The van der Waals surface area contributed by atoms with Crippen LogP contribution < -0.4 is 10.5 Å². The molecule has 0 atom stereocenters. The third-order valence-electron chi connectivity index (χ3n) is 2.43. The lowest BCUT2D eigenvalue weighted by molar-refractivity contribution is -0.855. The molecule has 3 N–H and O–H groups in total. The molecule has 0 fully saturated rings. The maximum atomic E-state index is 11.8. The summed E-state index contributed by atoms with van der Waals surface area (Å²) in [4.78, 5) is 19.9. The Morgan fingerprint density at radius 3 is 2.61 bits per heavy atom. The lowest BCUT2D eigenvalue weighted by Gasteiger charge is -2.08. The second-order valence-electron chi connectivity index (χ2n) is 5.08. The van der Waals surface area contributed by atoms with Crippen LogP contribution in [-0.4, -0.2) is 41.5 Å². The molecule has 0 unspecified atom stereocenters. The number of aromatic hydroxyl groups is 1. The zero-order chi connectivity index (χ0) is 13.7. The monoisotopic (exact) mass is 272 g/mol. The molecule has 1 aromatic rings. The molecule has 1 aromatic heterocycles. The van der Waals surface area contributed by atoms with Crippen LogP contribution in [0.25, 0.3) is 0 Å². The number of thioether (sulfide) groups is 1. The van der Waals surface area contributed by atoms with Gasteiger partial charge in [0.2, 0.25) is 5.88 Å². The molecule has 1 rings (SSSR count). The molecule has 0 aliphatic rings. The molecule has 102 valence electrons. The predicted octanol–water partition coefficient (Wildman–Crippen LogP) is -0.0894. The minimum atomic E-state index is -0.226. The fourth-order valence-corrected chi connectivity index (χ4v) is 2.50. The van der Waals surface area contributed by atoms with Crippen LogP contribution in [0.2, 0.25) is 0 Å². The van der Waals surface area contributed by atoms with Crippen LogP contribution in [0.3, 0.4) is 0 Å². The minimum absolute atomic E-state index is 0.132. The first kappa shape index (κ1) is 15.0. The number of hydrogen-bond acceptors (Lipinski definition) is 4. The number of nitrogens with one attached hydrogen (secondary N) is 2. The first-order chi connectivity index (χ1) is 8.40. The van der Waals surface area contributed by atoms with Gasteiger partial charge < -0.3 is 15.0 Å². The first-order valence-electron chi connectivity index (χ1n) is 6.14. The largest absolute Gasteiger partial charge is 0.493 e. The van der Waals surface area contributed by atoms with Crippen molar-refractivity contribution in [2.45, 2.75) is 25.4 Å². The molecule has 0 spiro atoms. The highest BCUT2D eigenvalue weighted by molar-refractivity contribution is 7.99. The van der Waals surface area contributed by atoms with Gasteiger partial charge in [0, 0.05) is 0 Å². The summed E-state index contributed by atoms with van der Waals surface area (Å²) in [5.74, 6) is 1.04. The number of quaternary nitrogens is 1. The molecule has 0 bridgehead atoms. The van der Waals surface area contributed by atoms with Gasteiger partial charge in [0.1, 0.15) is 0 Å². The van der Waals surface area contributed by atoms with Crippen molar-refractivity contribution in [1.29, 1.82) is 0 Å². The van der Waals surface area contributed by atoms with Gasteiger partial charge in [-0.25, -0.2) is 0 Å². The molecule has 18 heavy (non-hydrogen) atoms. The van der Waals surface area contributed by atoms with Crippen molar-refractivity contribution < 1.29 is 10.0 Å². The van der Waals surface area contributed by atoms with Crippen LogP contribution in [0.5, 0.6) is 5.88 Å². The van der Waals surface area contributed by atoms with Crippen LogP contribution in [0.15, 0.2) is 9.95 Å². The van der Waals surface area contributed by atoms with Gasteiger partial charge >= 0.3 is 0 Å². The van der Waals surface area contributed by atoms with E-state index in [0.29, 0.717) is 23.1 Å². The average molecular weight is 272 g/mol. The Kier molecular flexibility index (Phi) is 5.68. The number of aromatic nitrogens is 2. The van der Waals surface area contributed by atoms with Crippen LogP contribution >= 0.6 is 11.8 Å². The van der Waals surface area contributed by atoms with Crippen molar-refractivity contribution >= 4 is 11.8 Å². The number of rotatable bonds is 6. The number of aromatic amines is 1. The molecule has 5 nitrogen and oxygen atoms in total. The molecule has 0 saturated carbocycles. The molecule has 6 heteroatoms. The minimum Gasteiger partial charge on any atom is -0.493 e. The van der Waals surface area contributed by atoms with E-state index < -0.39 is 0 Å². The SMILES string of the molecule is CC(C)Cc1c(O)nc(SCC[NH+](C)C)[nH]c1=O. The van der Waals surface area contributed by atoms with E-state index in [9.17, 15) is 9.90 Å². The standard InChI is InChI=1S/C12H21N3O2S/c1-8(2)7-9-10(16)13-12(14-11(9)17)18-6-5-15(3)4/h8H,5-7H2,1-4H3,(H2,13,14,16,17)/p+1. The fourth-order valence-electron chi connectivity index (χ4n) is 1.48. The maximum Gasteiger partial charge on any atom is 0.258 e. The van der Waals surface area contributed by atoms with Crippen LogP contribution in [-0.2, 0) is 6.42 Å². The highest BCUT2D eigenvalue weighted by Crippen LogP contribution is 2.17. The van der Waals surface area contributed by atoms with Crippen LogP contribution in [0.1, 0.15) is 19.4 Å². The number of H-pyrrole nitrogens is 1. The Morgan fingerprint density at radius 2 is 2.11 bits per heavy atom. The van der Waals surface area contributed by atoms with Gasteiger partial charge in [-0.1, -0.05) is 25.6 Å². The highest BCUT2D eigenvalue weighted by atomic mass is 32.2. The summed E-state index contributed by atoms with van der Waals surface area (Å²) in [6.45, 7) is 4.98. The van der Waals surface area contributed by atoms with E-state index >= 15 is 0 Å². The van der Waals surface area contributed by atoms with Gasteiger partial charge in [-0.15, -0.1) is 0 Å². The topological polar surface area (TPSA) is 70.4 Å². The van der Waals surface area contributed by atoms with Gasteiger partial charge in [-0.2, -0.15) is 4.98 Å². The summed E-state index contributed by atoms with van der Waals surface area (Å²) in [6.07, 6.45) is 0.543. The number of nitrogens with zero attached hydrogens (tertiary/aromatic N) is 1. The van der Waals surface area contributed by atoms with Crippen molar-refractivity contribution in [2.24, 2.45) is 5.92 Å². The molecule has 0 aliphatic heterocycles. The Hall–Kier alpha value is -1.01. The summed E-state index contributed by atoms with van der Waals surface area (Å²) >= 11 is 1.46. The van der Waals surface area contributed by atoms with Gasteiger partial charge in [-0.05, 0) is 12.3 Å². The smallest absolute Gasteiger partial charge is 0.258 e. The van der Waals surface area contributed by atoms with Crippen molar-refractivity contribution in [1.82, 2.24) is 9.97 Å². The van der Waals surface area contributed by atoms with E-state index in [0.717, 1.165) is 12.3 Å². The van der Waals surface area contributed by atoms with E-state index in [1.54, 1.807) is 0 Å². The summed E-state index contributed by atoms with van der Waals surface area (Å²) in [5.41, 5.74) is 0.156. The van der Waals surface area contributed by atoms with E-state index in [2.05, 4.69) is 24.1 Å². The van der Waals surface area contributed by atoms with E-state index in [1.165, 1.54) is 16.7 Å². The summed E-state index contributed by atoms with van der Waals surface area (Å²) in [6, 6.07) is 0. The predicted molar refractivity (Wildman–Crippen MR) is 73.5 cm³/mol. The fraction of sp³-hybridized carbons (Fsp3) is 0.667. The third kappa shape index (κ3) is 4.70. The second kappa shape index (κ2) is 6.80. The Labute approximate surface area is 112 Å². The van der Waals surface area contributed by atoms with E-state index in [4.69, 9.17) is 0 Å². The van der Waals surface area contributed by atoms with Crippen molar-refractivity contribution in [3.8, 4) is 5.88 Å². The average Bonchev–Trinajstić information content (AvgIpc) is 2.22. The molecule has 1 heterocycles. The molecule has 0 saturated heterocycles. The molecule has 0 amide bonds. The summed E-state index contributed by atoms with van der Waals surface area (Å²) in [7, 11) is 4.14. The molecule has 0 aliphatic carbocycles. The molecule has 0 aromatic carbocycles. The zero-order valence-corrected chi connectivity index (χ0v) is 12.2. The van der Waals surface area contributed by atoms with E-state index in [1.807, 2.05) is 13.8 Å². The number of hydrogen-bond donors (Lipinski definition) is 3. The Bertz CT molecular complexity index is 443. The normalized spacial score (nSPS) is 11.4. The first-order valence-corrected chi connectivity index (χ1v) is 7.12. The van der Waals surface area contributed by atoms with Crippen molar-refractivity contribution in [2.75, 3.05) is 26.4 Å². The Morgan fingerprint density at radius 1 is 1.44 bits per heavy atom. The quantitative estimate of drug-likeness (QED) is 0.500. The lowest BCUT2D eigenvalue weighted by Crippen LogP contribution is -3.06. The second-order valence-corrected chi connectivity index (χ2v) is 6.16. The molecule has 0 radical (unpaired) electrons. The summed E-state index contributed by atoms with van der Waals surface area (Å²) in [5, 5.41) is 10.3. The van der Waals surface area contributed by atoms with Crippen LogP contribution in [0, 0.1) is 5.92 Å². The highest BCUT2D eigenvalue weighted by Gasteiger charge is 2.12. The summed E-state index contributed by atoms with van der Waals surface area (Å²) < 4.78 is 0. The molecular weight excluding hydrogens is 250 g/mol. The van der Waals surface area contributed by atoms with Gasteiger partial charge in [-0.3, -0.25) is 4.79 Å². The van der Waals surface area contributed by atoms with Crippen molar-refractivity contribution in [3.63, 3.8) is 0 Å². The van der Waals surface area contributed by atoms with Gasteiger partial charge in [0.05, 0.1) is 32.0 Å². The maximum absolute atomic E-state index is 11.8. The lowest BCUT2D eigenvalue weighted by atomic mass is 10.1. The Balaban J connectivity index is 2.76. The zero-order valence-electron chi connectivity index (χ0n) is 11.4. The third-order valence-corrected chi connectivity index (χ3v) is 3.30. The van der Waals surface area contributed by atoms with Gasteiger partial charge in [0.25, 0.3) is 5.56 Å². The van der Waals surface area contributed by atoms with Crippen LogP contribution in [0.4, 0.5) is 0 Å². The van der Waals surface area contributed by atoms with E-state index in [-0.39, 0.29) is 11.4 Å². The van der Waals surface area contributed by atoms with Gasteiger partial charge in [0.15, 0.2) is 5.16 Å². The van der Waals surface area contributed by atoms with Crippen molar-refractivity contribution in [3.05, 3.63) is 15.9 Å².